The lowest BCUT2D eigenvalue weighted by Crippen LogP contribution is -2.42. The molecule has 0 bridgehead atoms. The zero-order valence-corrected chi connectivity index (χ0v) is 19.6. The number of aromatic nitrogens is 3. The number of nitrogens with two attached hydrogens (primary N) is 1. The molecule has 36 heavy (non-hydrogen) atoms. The molecule has 2 unspecified atom stereocenters. The normalized spacial score (nSPS) is 18.4. The molecule has 3 aromatic heterocycles. The molecule has 2 N–H and O–H groups in total. The number of anilines is 1. The van der Waals surface area contributed by atoms with Gasteiger partial charge in [-0.1, -0.05) is 6.07 Å². The van der Waals surface area contributed by atoms with E-state index in [1.54, 1.807) is 30.6 Å². The quantitative estimate of drug-likeness (QED) is 0.370. The van der Waals surface area contributed by atoms with Gasteiger partial charge in [-0.15, -0.1) is 0 Å². The fraction of sp³-hybridized carbons (Fsp3) is 0.333. The van der Waals surface area contributed by atoms with Crippen LogP contribution < -0.4 is 5.73 Å². The van der Waals surface area contributed by atoms with Crippen molar-refractivity contribution in [3.05, 3.63) is 71.3 Å². The highest BCUT2D eigenvalue weighted by Crippen LogP contribution is 2.44. The van der Waals surface area contributed by atoms with Gasteiger partial charge in [0.25, 0.3) is 5.91 Å². The maximum absolute atomic E-state index is 14.1. The Morgan fingerprint density at radius 3 is 2.61 bits per heavy atom. The van der Waals surface area contributed by atoms with E-state index in [0.29, 0.717) is 46.9 Å². The number of carbonyl (C=O) groups is 1. The number of nitrogens with zero attached hydrogens (tertiary/aromatic N) is 4. The molecular weight excluding hydrogens is 467 g/mol. The van der Waals surface area contributed by atoms with Gasteiger partial charge < -0.3 is 10.6 Å². The van der Waals surface area contributed by atoms with Gasteiger partial charge in [0.05, 0.1) is 11.6 Å². The Kier molecular flexibility index (Phi) is 5.14. The number of halogens is 3. The van der Waals surface area contributed by atoms with Crippen molar-refractivity contribution in [2.75, 3.05) is 5.73 Å². The Balaban J connectivity index is 1.43. The molecule has 1 saturated carbocycles. The molecule has 1 fully saturated rings. The minimum atomic E-state index is -4.50. The number of hydrogen-bond donors (Lipinski definition) is 1. The Morgan fingerprint density at radius 2 is 1.86 bits per heavy atom. The van der Waals surface area contributed by atoms with E-state index in [-0.39, 0.29) is 18.0 Å². The van der Waals surface area contributed by atoms with Crippen LogP contribution in [-0.2, 0) is 12.6 Å². The van der Waals surface area contributed by atoms with Crippen LogP contribution in [0.3, 0.4) is 0 Å². The lowest BCUT2D eigenvalue weighted by atomic mass is 10.0. The van der Waals surface area contributed by atoms with Gasteiger partial charge in [0.15, 0.2) is 0 Å². The number of carbonyl (C=O) groups excluding carboxylic acids is 1. The molecule has 6 rings (SSSR count). The van der Waals surface area contributed by atoms with Crippen LogP contribution in [0, 0.1) is 5.92 Å². The van der Waals surface area contributed by atoms with Crippen molar-refractivity contribution in [3.8, 4) is 0 Å². The van der Waals surface area contributed by atoms with Crippen LogP contribution in [0.4, 0.5) is 19.0 Å². The average Bonchev–Trinajstić information content (AvgIpc) is 3.64. The zero-order valence-electron chi connectivity index (χ0n) is 19.6. The van der Waals surface area contributed by atoms with Gasteiger partial charge in [-0.25, -0.2) is 9.97 Å². The molecule has 0 radical (unpaired) electrons. The average molecular weight is 492 g/mol. The highest BCUT2D eigenvalue weighted by atomic mass is 19.4. The van der Waals surface area contributed by atoms with Gasteiger partial charge in [-0.05, 0) is 74.4 Å². The van der Waals surface area contributed by atoms with Crippen molar-refractivity contribution in [1.29, 1.82) is 0 Å². The van der Waals surface area contributed by atoms with Crippen molar-refractivity contribution in [3.63, 3.8) is 0 Å². The second-order valence-corrected chi connectivity index (χ2v) is 9.73. The molecule has 1 aromatic carbocycles. The molecular formula is C27H24F3N5O. The third kappa shape index (κ3) is 3.73. The summed E-state index contributed by atoms with van der Waals surface area (Å²) in [4.78, 5) is 28.5. The largest absolute Gasteiger partial charge is 0.433 e. The number of aryl methyl sites for hydroxylation is 1. The Labute approximate surface area is 205 Å². The number of amides is 1. The number of benzene rings is 1. The van der Waals surface area contributed by atoms with Crippen LogP contribution in [0.2, 0.25) is 0 Å². The van der Waals surface area contributed by atoms with Crippen molar-refractivity contribution in [2.45, 2.75) is 50.9 Å². The van der Waals surface area contributed by atoms with E-state index in [1.807, 2.05) is 17.9 Å². The molecule has 1 amide bonds. The molecule has 184 valence electrons. The number of fused-ring (bicyclic) bond motifs is 4. The highest BCUT2D eigenvalue weighted by molar-refractivity contribution is 6.11. The second kappa shape index (κ2) is 8.15. The van der Waals surface area contributed by atoms with Crippen LogP contribution in [0.15, 0.2) is 48.8 Å². The summed E-state index contributed by atoms with van der Waals surface area (Å²) in [6, 6.07) is 9.29. The van der Waals surface area contributed by atoms with Gasteiger partial charge in [0, 0.05) is 45.9 Å². The lowest BCUT2D eigenvalue weighted by Gasteiger charge is -2.35. The number of alkyl halides is 3. The standard InChI is InChI=1S/C27H24F3N5O/c1-14(15-2-3-15)35(23-8-7-21-18(23)5-9-24(33-21)27(28,29)30)26(36)16-4-6-22-19(12-16)20-13-32-11-10-17(20)25(31)34-22/h4-6,9-15,23H,2-3,7-8H2,1H3,(H2,31,34). The molecule has 0 aliphatic heterocycles. The maximum atomic E-state index is 14.1. The number of hydrogen-bond acceptors (Lipinski definition) is 5. The molecule has 2 aliphatic rings. The number of pyridine rings is 3. The summed E-state index contributed by atoms with van der Waals surface area (Å²) < 4.78 is 39.7. The van der Waals surface area contributed by atoms with E-state index in [2.05, 4.69) is 15.0 Å². The number of nitrogen functional groups attached to an aromatic ring is 1. The minimum Gasteiger partial charge on any atom is -0.383 e. The second-order valence-electron chi connectivity index (χ2n) is 9.73. The molecule has 2 aliphatic carbocycles. The van der Waals surface area contributed by atoms with Gasteiger partial charge >= 0.3 is 6.18 Å². The van der Waals surface area contributed by atoms with Crippen LogP contribution in [-0.4, -0.2) is 31.8 Å². The van der Waals surface area contributed by atoms with E-state index in [0.717, 1.165) is 35.1 Å². The third-order valence-electron chi connectivity index (χ3n) is 7.50. The summed E-state index contributed by atoms with van der Waals surface area (Å²) in [6.45, 7) is 2.04. The minimum absolute atomic E-state index is 0.0469. The monoisotopic (exact) mass is 491 g/mol. The van der Waals surface area contributed by atoms with Gasteiger partial charge in [-0.2, -0.15) is 13.2 Å². The Hall–Kier alpha value is -3.75. The van der Waals surface area contributed by atoms with Crippen LogP contribution in [0.1, 0.15) is 59.5 Å². The maximum Gasteiger partial charge on any atom is 0.433 e. The third-order valence-corrected chi connectivity index (χ3v) is 7.50. The SMILES string of the molecule is CC(C1CC1)N(C(=O)c1ccc2nc(N)c3ccncc3c2c1)C1CCc2nc(C(F)(F)F)ccc21. The van der Waals surface area contributed by atoms with E-state index in [4.69, 9.17) is 5.73 Å². The predicted octanol–water partition coefficient (Wildman–Crippen LogP) is 5.71. The molecule has 9 heteroatoms. The molecule has 2 atom stereocenters. The van der Waals surface area contributed by atoms with Crippen molar-refractivity contribution in [1.82, 2.24) is 19.9 Å². The summed E-state index contributed by atoms with van der Waals surface area (Å²) in [5.41, 5.74) is 7.52. The number of rotatable bonds is 4. The Bertz CT molecular complexity index is 1520. The smallest absolute Gasteiger partial charge is 0.383 e. The summed E-state index contributed by atoms with van der Waals surface area (Å²) >= 11 is 0. The molecule has 0 spiro atoms. The molecule has 0 saturated heterocycles. The van der Waals surface area contributed by atoms with E-state index < -0.39 is 11.9 Å². The fourth-order valence-electron chi connectivity index (χ4n) is 5.46. The zero-order chi connectivity index (χ0) is 25.2. The first-order valence-corrected chi connectivity index (χ1v) is 12.0. The predicted molar refractivity (Wildman–Crippen MR) is 130 cm³/mol. The van der Waals surface area contributed by atoms with E-state index in [9.17, 15) is 18.0 Å². The van der Waals surface area contributed by atoms with Gasteiger partial charge in [-0.3, -0.25) is 9.78 Å². The molecule has 3 heterocycles. The first-order chi connectivity index (χ1) is 17.2. The topological polar surface area (TPSA) is 85.0 Å². The van der Waals surface area contributed by atoms with Crippen LogP contribution in [0.5, 0.6) is 0 Å². The van der Waals surface area contributed by atoms with Crippen molar-refractivity contribution < 1.29 is 18.0 Å². The van der Waals surface area contributed by atoms with E-state index >= 15 is 0 Å². The lowest BCUT2D eigenvalue weighted by molar-refractivity contribution is -0.141. The van der Waals surface area contributed by atoms with Crippen molar-refractivity contribution >= 4 is 33.4 Å². The first-order valence-electron chi connectivity index (χ1n) is 12.0. The van der Waals surface area contributed by atoms with Crippen LogP contribution in [0.25, 0.3) is 21.7 Å². The Morgan fingerprint density at radius 1 is 1.06 bits per heavy atom. The summed E-state index contributed by atoms with van der Waals surface area (Å²) in [5, 5.41) is 2.36. The first kappa shape index (κ1) is 22.7. The van der Waals surface area contributed by atoms with Crippen LogP contribution >= 0.6 is 0 Å². The fourth-order valence-corrected chi connectivity index (χ4v) is 5.46. The molecule has 4 aromatic rings. The molecule has 6 nitrogen and oxygen atoms in total. The highest BCUT2D eigenvalue weighted by Gasteiger charge is 2.42. The summed E-state index contributed by atoms with van der Waals surface area (Å²) in [7, 11) is 0. The van der Waals surface area contributed by atoms with Gasteiger partial charge in [0.2, 0.25) is 0 Å². The summed E-state index contributed by atoms with van der Waals surface area (Å²) in [5.74, 6) is 0.631. The van der Waals surface area contributed by atoms with Crippen molar-refractivity contribution in [2.24, 2.45) is 5.92 Å². The van der Waals surface area contributed by atoms with E-state index in [1.165, 1.54) is 6.07 Å². The van der Waals surface area contributed by atoms with Gasteiger partial charge in [0.1, 0.15) is 11.5 Å². The summed E-state index contributed by atoms with van der Waals surface area (Å²) in [6.07, 6.45) is 1.89.